The molecule has 0 N–H and O–H groups in total. The van der Waals surface area contributed by atoms with Gasteiger partial charge in [0.2, 0.25) is 0 Å². The molecule has 4 aromatic heterocycles. The lowest BCUT2D eigenvalue weighted by Crippen LogP contribution is -2.57. The average molecular weight is 447 g/mol. The minimum absolute atomic E-state index is 0.180. The molecule has 0 aromatic carbocycles. The number of pyridine rings is 2. The van der Waals surface area contributed by atoms with Crippen LogP contribution in [0.1, 0.15) is 31.9 Å². The van der Waals surface area contributed by atoms with Gasteiger partial charge in [0.15, 0.2) is 11.5 Å². The van der Waals surface area contributed by atoms with Crippen LogP contribution in [0, 0.1) is 12.7 Å². The van der Waals surface area contributed by atoms with Gasteiger partial charge < -0.3 is 9.30 Å². The molecule has 4 aromatic rings. The first kappa shape index (κ1) is 20.4. The maximum Gasteiger partial charge on any atom is 0.258 e. The number of hydrogen-bond donors (Lipinski definition) is 0. The normalized spacial score (nSPS) is 20.0. The van der Waals surface area contributed by atoms with Gasteiger partial charge in [0, 0.05) is 61.9 Å². The second kappa shape index (κ2) is 7.66. The molecular formula is C25H27FN6O. The lowest BCUT2D eigenvalue weighted by atomic mass is 9.89. The highest BCUT2D eigenvalue weighted by Gasteiger charge is 2.32. The summed E-state index contributed by atoms with van der Waals surface area (Å²) in [7, 11) is 0. The van der Waals surface area contributed by atoms with E-state index in [2.05, 4.69) is 26.7 Å². The topological polar surface area (TPSA) is 58.2 Å². The second-order valence-corrected chi connectivity index (χ2v) is 9.40. The van der Waals surface area contributed by atoms with Crippen LogP contribution >= 0.6 is 0 Å². The van der Waals surface area contributed by atoms with Crippen LogP contribution in [-0.4, -0.2) is 55.4 Å². The van der Waals surface area contributed by atoms with Crippen LogP contribution in [0.25, 0.3) is 22.6 Å². The molecule has 1 atom stereocenters. The molecule has 1 aliphatic carbocycles. The first-order valence-corrected chi connectivity index (χ1v) is 11.7. The van der Waals surface area contributed by atoms with Crippen LogP contribution in [0.2, 0.25) is 0 Å². The summed E-state index contributed by atoms with van der Waals surface area (Å²) in [6.45, 7) is 7.07. The Labute approximate surface area is 191 Å². The minimum atomic E-state index is -0.437. The molecule has 8 heteroatoms. The number of rotatable bonds is 3. The number of fused-ring (bicyclic) bond motifs is 2. The zero-order chi connectivity index (χ0) is 22.7. The maximum atomic E-state index is 14.6. The largest absolute Gasteiger partial charge is 0.367 e. The van der Waals surface area contributed by atoms with Crippen molar-refractivity contribution in [2.75, 3.05) is 24.5 Å². The zero-order valence-corrected chi connectivity index (χ0v) is 18.9. The molecule has 1 aliphatic heterocycles. The van der Waals surface area contributed by atoms with Crippen molar-refractivity contribution in [1.29, 1.82) is 0 Å². The molecule has 2 aliphatic rings. The number of anilines is 1. The first-order chi connectivity index (χ1) is 16.0. The summed E-state index contributed by atoms with van der Waals surface area (Å²) in [6, 6.07) is 8.00. The van der Waals surface area contributed by atoms with Crippen molar-refractivity contribution in [2.45, 2.75) is 45.2 Å². The zero-order valence-electron chi connectivity index (χ0n) is 18.9. The summed E-state index contributed by atoms with van der Waals surface area (Å²) in [5, 5.41) is 0. The summed E-state index contributed by atoms with van der Waals surface area (Å²) in [4.78, 5) is 26.8. The van der Waals surface area contributed by atoms with Crippen molar-refractivity contribution < 1.29 is 4.39 Å². The Bertz CT molecular complexity index is 1420. The van der Waals surface area contributed by atoms with Gasteiger partial charge in [0.25, 0.3) is 5.56 Å². The summed E-state index contributed by atoms with van der Waals surface area (Å²) < 4.78 is 17.8. The number of imidazole rings is 1. The van der Waals surface area contributed by atoms with E-state index in [4.69, 9.17) is 0 Å². The van der Waals surface area contributed by atoms with Crippen LogP contribution < -0.4 is 10.5 Å². The number of piperazine rings is 1. The summed E-state index contributed by atoms with van der Waals surface area (Å²) in [6.07, 6.45) is 9.38. The van der Waals surface area contributed by atoms with E-state index in [0.717, 1.165) is 37.1 Å². The minimum Gasteiger partial charge on any atom is -0.367 e. The van der Waals surface area contributed by atoms with E-state index in [-0.39, 0.29) is 11.2 Å². The van der Waals surface area contributed by atoms with Gasteiger partial charge in [0.1, 0.15) is 5.65 Å². The van der Waals surface area contributed by atoms with Crippen LogP contribution in [0.5, 0.6) is 0 Å². The van der Waals surface area contributed by atoms with Gasteiger partial charge in [0.05, 0.1) is 17.1 Å². The van der Waals surface area contributed by atoms with E-state index in [1.165, 1.54) is 31.4 Å². The Kier molecular flexibility index (Phi) is 4.72. The molecule has 7 nitrogen and oxygen atoms in total. The Morgan fingerprint density at radius 1 is 1.06 bits per heavy atom. The standard InChI is InChI=1S/C25H27FN6O/c1-16-12-30-14-18(10-21(26)25(30)27-16)22-11-24(33)32-15-20(6-7-23(32)28-22)29-8-9-31(17(2)13-29)19-4-3-5-19/h6-7,10-12,14-15,17,19H,3-5,8-9,13H2,1-2H3. The molecule has 5 heterocycles. The molecular weight excluding hydrogens is 419 g/mol. The molecule has 6 rings (SSSR count). The van der Waals surface area contributed by atoms with Gasteiger partial charge in [-0.15, -0.1) is 0 Å². The molecule has 1 saturated carbocycles. The number of aryl methyl sites for hydroxylation is 1. The van der Waals surface area contributed by atoms with Crippen molar-refractivity contribution in [3.8, 4) is 11.3 Å². The molecule has 2 fully saturated rings. The number of halogens is 1. The van der Waals surface area contributed by atoms with Gasteiger partial charge in [-0.25, -0.2) is 14.4 Å². The van der Waals surface area contributed by atoms with E-state index in [9.17, 15) is 9.18 Å². The molecule has 0 spiro atoms. The van der Waals surface area contributed by atoms with E-state index in [0.29, 0.717) is 22.9 Å². The fraction of sp³-hybridized carbons (Fsp3) is 0.400. The third kappa shape index (κ3) is 3.49. The lowest BCUT2D eigenvalue weighted by molar-refractivity contribution is 0.0775. The van der Waals surface area contributed by atoms with Crippen LogP contribution in [0.4, 0.5) is 10.1 Å². The van der Waals surface area contributed by atoms with Gasteiger partial charge in [-0.05, 0) is 44.9 Å². The Morgan fingerprint density at radius 2 is 1.91 bits per heavy atom. The monoisotopic (exact) mass is 446 g/mol. The molecule has 0 radical (unpaired) electrons. The highest BCUT2D eigenvalue weighted by atomic mass is 19.1. The van der Waals surface area contributed by atoms with Crippen molar-refractivity contribution in [3.05, 3.63) is 64.7 Å². The van der Waals surface area contributed by atoms with Gasteiger partial charge in [-0.1, -0.05) is 6.42 Å². The Morgan fingerprint density at radius 3 is 2.67 bits per heavy atom. The molecule has 33 heavy (non-hydrogen) atoms. The Hall–Kier alpha value is -3.26. The maximum absolute atomic E-state index is 14.6. The van der Waals surface area contributed by atoms with Crippen molar-refractivity contribution in [2.24, 2.45) is 0 Å². The van der Waals surface area contributed by atoms with Crippen LogP contribution in [0.15, 0.2) is 47.7 Å². The fourth-order valence-corrected chi connectivity index (χ4v) is 5.21. The third-order valence-corrected chi connectivity index (χ3v) is 7.15. The second-order valence-electron chi connectivity index (χ2n) is 9.40. The van der Waals surface area contributed by atoms with Crippen molar-refractivity contribution in [3.63, 3.8) is 0 Å². The Balaban J connectivity index is 1.32. The van der Waals surface area contributed by atoms with Gasteiger partial charge >= 0.3 is 0 Å². The SMILES string of the molecule is Cc1cn2cc(-c3cc(=O)n4cc(N5CCN(C6CCC6)C(C)C5)ccc4n3)cc(F)c2n1. The summed E-state index contributed by atoms with van der Waals surface area (Å²) in [5.74, 6) is -0.437. The molecule has 0 amide bonds. The average Bonchev–Trinajstić information content (AvgIpc) is 3.14. The van der Waals surface area contributed by atoms with Crippen LogP contribution in [-0.2, 0) is 0 Å². The van der Waals surface area contributed by atoms with Crippen molar-refractivity contribution in [1.82, 2.24) is 23.7 Å². The quantitative estimate of drug-likeness (QED) is 0.482. The molecule has 1 unspecified atom stereocenters. The molecule has 0 bridgehead atoms. The first-order valence-electron chi connectivity index (χ1n) is 11.7. The number of nitrogens with zero attached hydrogens (tertiary/aromatic N) is 6. The predicted molar refractivity (Wildman–Crippen MR) is 126 cm³/mol. The van der Waals surface area contributed by atoms with Crippen LogP contribution in [0.3, 0.4) is 0 Å². The highest BCUT2D eigenvalue weighted by Crippen LogP contribution is 2.29. The third-order valence-electron chi connectivity index (χ3n) is 7.15. The number of aromatic nitrogens is 4. The predicted octanol–water partition coefficient (Wildman–Crippen LogP) is 3.52. The smallest absolute Gasteiger partial charge is 0.258 e. The summed E-state index contributed by atoms with van der Waals surface area (Å²) >= 11 is 0. The summed E-state index contributed by atoms with van der Waals surface area (Å²) in [5.41, 5.74) is 3.38. The van der Waals surface area contributed by atoms with E-state index < -0.39 is 5.82 Å². The van der Waals surface area contributed by atoms with E-state index in [1.54, 1.807) is 21.2 Å². The van der Waals surface area contributed by atoms with E-state index in [1.807, 2.05) is 25.3 Å². The highest BCUT2D eigenvalue weighted by molar-refractivity contribution is 5.64. The van der Waals surface area contributed by atoms with Gasteiger partial charge in [-0.3, -0.25) is 14.1 Å². The van der Waals surface area contributed by atoms with E-state index >= 15 is 0 Å². The van der Waals surface area contributed by atoms with Gasteiger partial charge in [-0.2, -0.15) is 0 Å². The van der Waals surface area contributed by atoms with Crippen molar-refractivity contribution >= 4 is 17.0 Å². The number of hydrogen-bond acceptors (Lipinski definition) is 5. The molecule has 170 valence electrons. The lowest BCUT2D eigenvalue weighted by Gasteiger charge is -2.47. The molecule has 1 saturated heterocycles. The fourth-order valence-electron chi connectivity index (χ4n) is 5.21.